The third-order valence-electron chi connectivity index (χ3n) is 12.3. The number of aliphatic carboxylic acids is 1. The standard InChI is InChI=1S/C70H111NO8/c1-6-8-10-12-14-16-18-20-22-24-26-28-30-32-33-34-35-37-39-41-43-45-47-49-51-53-55-57-59-61-68(73)79-66(65-78-70(69(74)75)76-63-62-71(3,4)5)64-77-67(72)60-58-56-54-52-50-48-46-44-42-40-38-36-31-29-27-25-23-21-19-17-15-13-11-9-7-2/h8-11,14-17,20-23,26-29,32-33,35-38,41-44,66,70H,6-7,12-13,18-19,24-25,30-31,34,39-40,45-65H2,1-5H3/b10-8-,11-9-,16-14-,17-15-,22-20-,23-21-,28-26-,29-27-,33-32-,37-35-,38-36-,43-41-,44-42-. The van der Waals surface area contributed by atoms with Gasteiger partial charge in [0.25, 0.3) is 0 Å². The second-order valence-corrected chi connectivity index (χ2v) is 20.9. The topological polar surface area (TPSA) is 111 Å². The van der Waals surface area contributed by atoms with Crippen molar-refractivity contribution in [2.45, 2.75) is 219 Å². The largest absolute Gasteiger partial charge is 0.545 e. The summed E-state index contributed by atoms with van der Waals surface area (Å²) in [4.78, 5) is 37.4. The number of carbonyl (C=O) groups is 3. The number of esters is 2. The van der Waals surface area contributed by atoms with Crippen LogP contribution in [-0.4, -0.2) is 82.3 Å². The van der Waals surface area contributed by atoms with Gasteiger partial charge in [0.2, 0.25) is 0 Å². The minimum Gasteiger partial charge on any atom is -0.545 e. The molecule has 0 radical (unpaired) electrons. The highest BCUT2D eigenvalue weighted by Crippen LogP contribution is 2.14. The number of nitrogens with zero attached hydrogens (tertiary/aromatic N) is 1. The van der Waals surface area contributed by atoms with Gasteiger partial charge in [-0.25, -0.2) is 0 Å². The van der Waals surface area contributed by atoms with Gasteiger partial charge in [-0.1, -0.05) is 230 Å². The molecule has 0 spiro atoms. The van der Waals surface area contributed by atoms with E-state index in [2.05, 4.69) is 172 Å². The number of carboxylic acid groups (broad SMARTS) is 1. The Bertz CT molecular complexity index is 1850. The van der Waals surface area contributed by atoms with Gasteiger partial charge >= 0.3 is 11.9 Å². The Hall–Kier alpha value is -5.09. The number of quaternary nitrogens is 1. The highest BCUT2D eigenvalue weighted by molar-refractivity contribution is 5.70. The van der Waals surface area contributed by atoms with E-state index in [9.17, 15) is 19.5 Å². The van der Waals surface area contributed by atoms with E-state index in [1.54, 1.807) is 0 Å². The van der Waals surface area contributed by atoms with Crippen molar-refractivity contribution < 1.29 is 42.9 Å². The van der Waals surface area contributed by atoms with Gasteiger partial charge in [0.1, 0.15) is 13.2 Å². The van der Waals surface area contributed by atoms with Gasteiger partial charge in [-0.05, 0) is 122 Å². The molecular formula is C70H111NO8. The van der Waals surface area contributed by atoms with Crippen molar-refractivity contribution in [3.05, 3.63) is 158 Å². The quantitative estimate of drug-likeness (QED) is 0.0195. The molecule has 0 fully saturated rings. The summed E-state index contributed by atoms with van der Waals surface area (Å²) >= 11 is 0. The summed E-state index contributed by atoms with van der Waals surface area (Å²) < 4.78 is 22.7. The number of hydrogen-bond acceptors (Lipinski definition) is 8. The molecule has 0 aromatic rings. The lowest BCUT2D eigenvalue weighted by molar-refractivity contribution is -0.870. The average Bonchev–Trinajstić information content (AvgIpc) is 3.42. The van der Waals surface area contributed by atoms with E-state index in [-0.39, 0.29) is 38.6 Å². The van der Waals surface area contributed by atoms with E-state index in [1.807, 2.05) is 21.1 Å². The second kappa shape index (κ2) is 59.0. The van der Waals surface area contributed by atoms with E-state index in [1.165, 1.54) is 19.3 Å². The van der Waals surface area contributed by atoms with Crippen LogP contribution in [-0.2, 0) is 33.3 Å². The van der Waals surface area contributed by atoms with E-state index in [0.717, 1.165) is 148 Å². The molecule has 0 saturated carbocycles. The van der Waals surface area contributed by atoms with Crippen LogP contribution < -0.4 is 5.11 Å². The van der Waals surface area contributed by atoms with Crippen molar-refractivity contribution in [1.29, 1.82) is 0 Å². The number of carbonyl (C=O) groups excluding carboxylic acids is 3. The summed E-state index contributed by atoms with van der Waals surface area (Å²) in [5.41, 5.74) is 0. The third-order valence-corrected chi connectivity index (χ3v) is 12.3. The highest BCUT2D eigenvalue weighted by Gasteiger charge is 2.22. The molecule has 0 aromatic heterocycles. The zero-order valence-electron chi connectivity index (χ0n) is 50.4. The predicted molar refractivity (Wildman–Crippen MR) is 333 cm³/mol. The van der Waals surface area contributed by atoms with E-state index in [4.69, 9.17) is 18.9 Å². The van der Waals surface area contributed by atoms with Crippen LogP contribution >= 0.6 is 0 Å². The Morgan fingerprint density at radius 2 is 0.684 bits per heavy atom. The van der Waals surface area contributed by atoms with E-state index < -0.39 is 24.3 Å². The molecule has 0 bridgehead atoms. The van der Waals surface area contributed by atoms with Crippen molar-refractivity contribution in [3.8, 4) is 0 Å². The molecule has 0 N–H and O–H groups in total. The lowest BCUT2D eigenvalue weighted by atomic mass is 10.1. The Labute approximate surface area is 483 Å². The third kappa shape index (κ3) is 60.4. The van der Waals surface area contributed by atoms with Gasteiger partial charge in [-0.2, -0.15) is 0 Å². The molecule has 0 heterocycles. The summed E-state index contributed by atoms with van der Waals surface area (Å²) in [6, 6.07) is 0. The molecule has 0 aliphatic carbocycles. The smallest absolute Gasteiger partial charge is 0.306 e. The minimum absolute atomic E-state index is 0.133. The van der Waals surface area contributed by atoms with Crippen molar-refractivity contribution in [2.24, 2.45) is 0 Å². The summed E-state index contributed by atoms with van der Waals surface area (Å²) in [5.74, 6) is -2.34. The van der Waals surface area contributed by atoms with Crippen LogP contribution in [0.25, 0.3) is 0 Å². The fourth-order valence-corrected chi connectivity index (χ4v) is 7.64. The first-order valence-electron chi connectivity index (χ1n) is 30.6. The second-order valence-electron chi connectivity index (χ2n) is 20.9. The summed E-state index contributed by atoms with van der Waals surface area (Å²) in [7, 11) is 5.90. The SMILES string of the molecule is CC/C=C\C/C=C\C/C=C\C/C=C\C/C=C\C/C=C\C/C=C\CCCCCCCCCC(=O)OC(COC(=O)CCCCCCCC/C=C\C/C=C\C/C=C\C/C=C\C/C=C\C/C=C\CC)COC(OCC[N+](C)(C)C)C(=O)[O-]. The molecule has 9 nitrogen and oxygen atoms in total. The zero-order chi connectivity index (χ0) is 57.6. The molecule has 0 aliphatic rings. The Kier molecular flexibility index (Phi) is 55.2. The van der Waals surface area contributed by atoms with Crippen LogP contribution in [0, 0.1) is 0 Å². The van der Waals surface area contributed by atoms with Crippen LogP contribution in [0.4, 0.5) is 0 Å². The first-order chi connectivity index (χ1) is 38.6. The summed E-state index contributed by atoms with van der Waals surface area (Å²) in [6.07, 6.45) is 84.3. The van der Waals surface area contributed by atoms with Gasteiger partial charge in [0.15, 0.2) is 12.4 Å². The summed E-state index contributed by atoms with van der Waals surface area (Å²) in [5, 5.41) is 11.8. The number of ether oxygens (including phenoxy) is 4. The number of carboxylic acids is 1. The molecular weight excluding hydrogens is 983 g/mol. The van der Waals surface area contributed by atoms with Crippen molar-refractivity contribution in [2.75, 3.05) is 47.5 Å². The monoisotopic (exact) mass is 1090 g/mol. The maximum Gasteiger partial charge on any atom is 0.306 e. The average molecular weight is 1090 g/mol. The van der Waals surface area contributed by atoms with Crippen LogP contribution in [0.15, 0.2) is 158 Å². The van der Waals surface area contributed by atoms with Gasteiger partial charge < -0.3 is 33.3 Å². The van der Waals surface area contributed by atoms with Crippen LogP contribution in [0.3, 0.4) is 0 Å². The molecule has 2 unspecified atom stereocenters. The van der Waals surface area contributed by atoms with E-state index in [0.29, 0.717) is 23.9 Å². The molecule has 0 saturated heterocycles. The van der Waals surface area contributed by atoms with Gasteiger partial charge in [0.05, 0.1) is 40.3 Å². The Balaban J connectivity index is 4.34. The summed E-state index contributed by atoms with van der Waals surface area (Å²) in [6.45, 7) is 4.46. The normalized spacial score (nSPS) is 13.9. The fourth-order valence-electron chi connectivity index (χ4n) is 7.64. The molecule has 444 valence electrons. The molecule has 0 aliphatic heterocycles. The first kappa shape index (κ1) is 73.9. The van der Waals surface area contributed by atoms with Gasteiger partial charge in [-0.15, -0.1) is 0 Å². The lowest BCUT2D eigenvalue weighted by Gasteiger charge is -2.26. The van der Waals surface area contributed by atoms with Crippen molar-refractivity contribution >= 4 is 17.9 Å². The molecule has 2 atom stereocenters. The molecule has 9 heteroatoms. The van der Waals surface area contributed by atoms with Gasteiger partial charge in [-0.3, -0.25) is 9.59 Å². The van der Waals surface area contributed by atoms with E-state index >= 15 is 0 Å². The number of hydrogen-bond donors (Lipinski definition) is 0. The zero-order valence-corrected chi connectivity index (χ0v) is 50.4. The van der Waals surface area contributed by atoms with Crippen molar-refractivity contribution in [1.82, 2.24) is 0 Å². The van der Waals surface area contributed by atoms with Gasteiger partial charge in [0, 0.05) is 12.8 Å². The van der Waals surface area contributed by atoms with Crippen LogP contribution in [0.1, 0.15) is 206 Å². The first-order valence-corrected chi connectivity index (χ1v) is 30.6. The number of allylic oxidation sites excluding steroid dienone is 26. The maximum atomic E-state index is 12.9. The number of likely N-dealkylation sites (N-methyl/N-ethyl adjacent to an activating group) is 1. The Morgan fingerprint density at radius 3 is 1.01 bits per heavy atom. The van der Waals surface area contributed by atoms with Crippen LogP contribution in [0.2, 0.25) is 0 Å². The highest BCUT2D eigenvalue weighted by atomic mass is 16.7. The number of rotatable bonds is 54. The Morgan fingerprint density at radius 1 is 0.380 bits per heavy atom. The molecule has 79 heavy (non-hydrogen) atoms. The number of unbranched alkanes of at least 4 members (excludes halogenated alkanes) is 13. The molecule has 0 rings (SSSR count). The van der Waals surface area contributed by atoms with Crippen LogP contribution in [0.5, 0.6) is 0 Å². The minimum atomic E-state index is -1.64. The molecule has 0 amide bonds. The fraction of sp³-hybridized carbons (Fsp3) is 0.586. The lowest BCUT2D eigenvalue weighted by Crippen LogP contribution is -2.44. The van der Waals surface area contributed by atoms with Crippen molar-refractivity contribution in [3.63, 3.8) is 0 Å². The molecule has 0 aromatic carbocycles. The predicted octanol–water partition coefficient (Wildman–Crippen LogP) is 17.2. The maximum absolute atomic E-state index is 12.9.